The summed E-state index contributed by atoms with van der Waals surface area (Å²) in [6, 6.07) is 1.05. The number of aryl methyl sites for hydroxylation is 1. The average molecular weight is 278 g/mol. The van der Waals surface area contributed by atoms with Gasteiger partial charge >= 0.3 is 0 Å². The molecule has 3 rings (SSSR count). The van der Waals surface area contributed by atoms with Gasteiger partial charge in [0.05, 0.1) is 24.9 Å². The molecule has 1 saturated carbocycles. The van der Waals surface area contributed by atoms with E-state index in [1.807, 2.05) is 10.9 Å². The van der Waals surface area contributed by atoms with E-state index in [2.05, 4.69) is 35.5 Å². The maximum atomic E-state index is 6.02. The van der Waals surface area contributed by atoms with Crippen LogP contribution in [-0.4, -0.2) is 53.6 Å². The molecule has 0 radical (unpaired) electrons. The van der Waals surface area contributed by atoms with Crippen molar-refractivity contribution in [3.05, 3.63) is 18.0 Å². The van der Waals surface area contributed by atoms with E-state index in [1.165, 1.54) is 18.4 Å². The van der Waals surface area contributed by atoms with Crippen molar-refractivity contribution >= 4 is 0 Å². The molecule has 1 saturated heterocycles. The number of ether oxygens (including phenoxy) is 1. The summed E-state index contributed by atoms with van der Waals surface area (Å²) in [6.07, 6.45) is 8.18. The van der Waals surface area contributed by atoms with Crippen LogP contribution in [0.2, 0.25) is 0 Å². The zero-order chi connectivity index (χ0) is 13.9. The molecule has 1 aromatic rings. The highest BCUT2D eigenvalue weighted by atomic mass is 16.5. The van der Waals surface area contributed by atoms with Gasteiger partial charge in [-0.05, 0) is 26.3 Å². The summed E-state index contributed by atoms with van der Waals surface area (Å²) in [7, 11) is 2.19. The van der Waals surface area contributed by atoms with Gasteiger partial charge in [-0.15, -0.1) is 0 Å². The van der Waals surface area contributed by atoms with Crippen molar-refractivity contribution in [1.82, 2.24) is 20.0 Å². The Morgan fingerprint density at radius 1 is 1.45 bits per heavy atom. The maximum absolute atomic E-state index is 6.02. The van der Waals surface area contributed by atoms with Crippen LogP contribution in [-0.2, 0) is 11.3 Å². The fourth-order valence-electron chi connectivity index (χ4n) is 2.96. The molecule has 20 heavy (non-hydrogen) atoms. The summed E-state index contributed by atoms with van der Waals surface area (Å²) >= 11 is 0. The van der Waals surface area contributed by atoms with Gasteiger partial charge in [-0.25, -0.2) is 0 Å². The lowest BCUT2D eigenvalue weighted by molar-refractivity contribution is -0.0615. The van der Waals surface area contributed by atoms with Crippen molar-refractivity contribution in [1.29, 1.82) is 0 Å². The fourth-order valence-corrected chi connectivity index (χ4v) is 2.96. The molecule has 0 spiro atoms. The molecule has 2 fully saturated rings. The molecule has 0 amide bonds. The third-order valence-corrected chi connectivity index (χ3v) is 4.24. The van der Waals surface area contributed by atoms with Crippen LogP contribution in [0.15, 0.2) is 12.4 Å². The first kappa shape index (κ1) is 14.0. The van der Waals surface area contributed by atoms with Crippen LogP contribution in [0.3, 0.4) is 0 Å². The Bertz CT molecular complexity index is 429. The molecule has 5 nitrogen and oxygen atoms in total. The molecule has 5 heteroatoms. The van der Waals surface area contributed by atoms with Gasteiger partial charge in [0, 0.05) is 37.4 Å². The molecule has 2 atom stereocenters. The minimum Gasteiger partial charge on any atom is -0.374 e. The minimum absolute atomic E-state index is 0.230. The second-order valence-corrected chi connectivity index (χ2v) is 6.05. The third kappa shape index (κ3) is 3.22. The van der Waals surface area contributed by atoms with Crippen molar-refractivity contribution in [3.63, 3.8) is 0 Å². The second kappa shape index (κ2) is 6.24. The Balaban J connectivity index is 1.69. The molecule has 2 unspecified atom stereocenters. The third-order valence-electron chi connectivity index (χ3n) is 4.24. The number of likely N-dealkylation sites (N-methyl/N-ethyl adjacent to an activating group) is 1. The van der Waals surface area contributed by atoms with Crippen molar-refractivity contribution in [2.45, 2.75) is 50.9 Å². The summed E-state index contributed by atoms with van der Waals surface area (Å²) in [6.45, 7) is 5.93. The first-order valence-corrected chi connectivity index (χ1v) is 7.85. The highest BCUT2D eigenvalue weighted by Gasteiger charge is 2.33. The number of nitrogens with zero attached hydrogens (tertiary/aromatic N) is 3. The van der Waals surface area contributed by atoms with E-state index in [0.29, 0.717) is 6.04 Å². The monoisotopic (exact) mass is 278 g/mol. The van der Waals surface area contributed by atoms with Gasteiger partial charge in [-0.2, -0.15) is 5.10 Å². The van der Waals surface area contributed by atoms with Crippen LogP contribution in [0.4, 0.5) is 0 Å². The lowest BCUT2D eigenvalue weighted by Crippen LogP contribution is -2.47. The van der Waals surface area contributed by atoms with E-state index >= 15 is 0 Å². The van der Waals surface area contributed by atoms with Gasteiger partial charge < -0.3 is 10.1 Å². The first-order chi connectivity index (χ1) is 9.78. The summed E-state index contributed by atoms with van der Waals surface area (Å²) in [4.78, 5) is 2.40. The topological polar surface area (TPSA) is 42.3 Å². The Morgan fingerprint density at radius 2 is 2.30 bits per heavy atom. The Labute approximate surface area is 121 Å². The van der Waals surface area contributed by atoms with Crippen LogP contribution >= 0.6 is 0 Å². The van der Waals surface area contributed by atoms with Crippen molar-refractivity contribution in [2.75, 3.05) is 26.7 Å². The molecule has 2 heterocycles. The SMILES string of the molecule is CCCn1cc(C2C(CNC3CC3)OCCN2C)cn1. The van der Waals surface area contributed by atoms with E-state index in [9.17, 15) is 0 Å². The van der Waals surface area contributed by atoms with Crippen molar-refractivity contribution in [3.8, 4) is 0 Å². The van der Waals surface area contributed by atoms with Gasteiger partial charge in [0.15, 0.2) is 0 Å². The zero-order valence-corrected chi connectivity index (χ0v) is 12.6. The van der Waals surface area contributed by atoms with E-state index in [0.717, 1.165) is 38.7 Å². The quantitative estimate of drug-likeness (QED) is 0.854. The molecule has 1 aliphatic heterocycles. The predicted octanol–water partition coefficient (Wildman–Crippen LogP) is 1.42. The number of nitrogens with one attached hydrogen (secondary N) is 1. The molecule has 0 aromatic carbocycles. The number of hydrogen-bond acceptors (Lipinski definition) is 4. The Hall–Kier alpha value is -0.910. The minimum atomic E-state index is 0.230. The van der Waals surface area contributed by atoms with Crippen molar-refractivity contribution in [2.24, 2.45) is 0 Å². The van der Waals surface area contributed by atoms with Crippen LogP contribution in [0.25, 0.3) is 0 Å². The van der Waals surface area contributed by atoms with Crippen LogP contribution in [0, 0.1) is 0 Å². The number of rotatable bonds is 6. The van der Waals surface area contributed by atoms with Gasteiger partial charge in [-0.3, -0.25) is 9.58 Å². The maximum Gasteiger partial charge on any atom is 0.0897 e. The number of hydrogen-bond donors (Lipinski definition) is 1. The predicted molar refractivity (Wildman–Crippen MR) is 78.7 cm³/mol. The zero-order valence-electron chi connectivity index (χ0n) is 12.6. The highest BCUT2D eigenvalue weighted by molar-refractivity contribution is 5.14. The standard InChI is InChI=1S/C15H26N4O/c1-3-6-19-11-12(9-17-19)15-14(10-16-13-4-5-13)20-8-7-18(15)2/h9,11,13-16H,3-8,10H2,1-2H3. The molecular formula is C15H26N4O. The van der Waals surface area contributed by atoms with E-state index in [1.54, 1.807) is 0 Å². The average Bonchev–Trinajstić information content (AvgIpc) is 3.16. The fraction of sp³-hybridized carbons (Fsp3) is 0.800. The highest BCUT2D eigenvalue weighted by Crippen LogP contribution is 2.28. The summed E-state index contributed by atoms with van der Waals surface area (Å²) in [5.41, 5.74) is 1.28. The van der Waals surface area contributed by atoms with Crippen LogP contribution in [0.1, 0.15) is 37.8 Å². The summed E-state index contributed by atoms with van der Waals surface area (Å²) in [5.74, 6) is 0. The van der Waals surface area contributed by atoms with Gasteiger partial charge in [0.1, 0.15) is 0 Å². The first-order valence-electron chi connectivity index (χ1n) is 7.85. The molecule has 0 bridgehead atoms. The van der Waals surface area contributed by atoms with Crippen LogP contribution < -0.4 is 5.32 Å². The molecule has 1 aromatic heterocycles. The van der Waals surface area contributed by atoms with Gasteiger partial charge in [-0.1, -0.05) is 6.92 Å². The lowest BCUT2D eigenvalue weighted by atomic mass is 10.0. The lowest BCUT2D eigenvalue weighted by Gasteiger charge is -2.38. The number of aromatic nitrogens is 2. The molecule has 112 valence electrons. The van der Waals surface area contributed by atoms with Gasteiger partial charge in [0.2, 0.25) is 0 Å². The van der Waals surface area contributed by atoms with E-state index < -0.39 is 0 Å². The number of morpholine rings is 1. The summed E-state index contributed by atoms with van der Waals surface area (Å²) in [5, 5.41) is 8.07. The van der Waals surface area contributed by atoms with Crippen molar-refractivity contribution < 1.29 is 4.74 Å². The molecule has 2 aliphatic rings. The van der Waals surface area contributed by atoms with E-state index in [-0.39, 0.29) is 6.10 Å². The second-order valence-electron chi connectivity index (χ2n) is 6.05. The Morgan fingerprint density at radius 3 is 3.05 bits per heavy atom. The largest absolute Gasteiger partial charge is 0.374 e. The Kier molecular flexibility index (Phi) is 4.38. The molecule has 1 aliphatic carbocycles. The van der Waals surface area contributed by atoms with E-state index in [4.69, 9.17) is 4.74 Å². The smallest absolute Gasteiger partial charge is 0.0897 e. The summed E-state index contributed by atoms with van der Waals surface area (Å²) < 4.78 is 8.07. The normalized spacial score (nSPS) is 27.9. The van der Waals surface area contributed by atoms with Crippen LogP contribution in [0.5, 0.6) is 0 Å². The van der Waals surface area contributed by atoms with Gasteiger partial charge in [0.25, 0.3) is 0 Å². The molecule has 1 N–H and O–H groups in total. The molecular weight excluding hydrogens is 252 g/mol.